The number of hydrogen-bond acceptors (Lipinski definition) is 7. The Labute approximate surface area is 148 Å². The zero-order chi connectivity index (χ0) is 18.2. The molecule has 0 radical (unpaired) electrons. The zero-order valence-electron chi connectivity index (χ0n) is 13.6. The monoisotopic (exact) mass is 361 g/mol. The van der Waals surface area contributed by atoms with E-state index in [1.54, 1.807) is 0 Å². The lowest BCUT2D eigenvalue weighted by Crippen LogP contribution is -2.25. The molecule has 25 heavy (non-hydrogen) atoms. The summed E-state index contributed by atoms with van der Waals surface area (Å²) in [6.07, 6.45) is 0.448. The number of anilines is 1. The van der Waals surface area contributed by atoms with Crippen LogP contribution in [-0.2, 0) is 22.4 Å². The third-order valence-electron chi connectivity index (χ3n) is 3.32. The van der Waals surface area contributed by atoms with Gasteiger partial charge < -0.3 is 15.2 Å². The van der Waals surface area contributed by atoms with Gasteiger partial charge in [-0.05, 0) is 24.5 Å². The third kappa shape index (κ3) is 5.71. The van der Waals surface area contributed by atoms with E-state index in [-0.39, 0.29) is 35.4 Å². The van der Waals surface area contributed by atoms with Crippen LogP contribution < -0.4 is 16.0 Å². The Balaban J connectivity index is 1.92. The number of aromatic nitrogens is 3. The lowest BCUT2D eigenvalue weighted by molar-refractivity contribution is -0.305. The maximum Gasteiger partial charge on any atom is 0.273 e. The van der Waals surface area contributed by atoms with Crippen LogP contribution in [0.4, 0.5) is 5.69 Å². The molecular weight excluding hydrogens is 344 g/mol. The summed E-state index contributed by atoms with van der Waals surface area (Å²) in [7, 11) is 0. The van der Waals surface area contributed by atoms with Crippen molar-refractivity contribution in [2.75, 3.05) is 11.1 Å². The molecule has 0 unspecified atom stereocenters. The SMILES string of the molecule is CCc1ccccc1NC(=O)CSc1nnc(CCC(=O)[O-])c(=O)[nH]1. The summed E-state index contributed by atoms with van der Waals surface area (Å²) in [5, 5.41) is 20.9. The summed E-state index contributed by atoms with van der Waals surface area (Å²) in [6.45, 7) is 2.00. The number of carbonyl (C=O) groups excluding carboxylic acids is 2. The Morgan fingerprint density at radius 1 is 1.28 bits per heavy atom. The third-order valence-corrected chi connectivity index (χ3v) is 4.19. The number of thioether (sulfide) groups is 1. The Hall–Kier alpha value is -2.68. The fourth-order valence-corrected chi connectivity index (χ4v) is 2.67. The average molecular weight is 361 g/mol. The van der Waals surface area contributed by atoms with Crippen LogP contribution in [0.5, 0.6) is 0 Å². The van der Waals surface area contributed by atoms with Crippen molar-refractivity contribution < 1.29 is 14.7 Å². The number of H-pyrrole nitrogens is 1. The highest BCUT2D eigenvalue weighted by molar-refractivity contribution is 7.99. The number of rotatable bonds is 8. The van der Waals surface area contributed by atoms with E-state index < -0.39 is 11.5 Å². The molecule has 0 spiro atoms. The van der Waals surface area contributed by atoms with E-state index >= 15 is 0 Å². The molecule has 2 N–H and O–H groups in total. The van der Waals surface area contributed by atoms with Gasteiger partial charge >= 0.3 is 0 Å². The van der Waals surface area contributed by atoms with Crippen LogP contribution in [-0.4, -0.2) is 32.8 Å². The normalized spacial score (nSPS) is 10.4. The Morgan fingerprint density at radius 2 is 2.04 bits per heavy atom. The van der Waals surface area contributed by atoms with Crippen molar-refractivity contribution in [3.63, 3.8) is 0 Å². The first-order chi connectivity index (χ1) is 12.0. The summed E-state index contributed by atoms with van der Waals surface area (Å²) < 4.78 is 0. The summed E-state index contributed by atoms with van der Waals surface area (Å²) in [4.78, 5) is 36.7. The molecule has 0 bridgehead atoms. The second-order valence-corrected chi connectivity index (χ2v) is 6.09. The van der Waals surface area contributed by atoms with Crippen molar-refractivity contribution in [1.29, 1.82) is 0 Å². The van der Waals surface area contributed by atoms with Gasteiger partial charge in [0.15, 0.2) is 5.16 Å². The van der Waals surface area contributed by atoms with Crippen molar-refractivity contribution in [3.05, 3.63) is 45.9 Å². The lowest BCUT2D eigenvalue weighted by atomic mass is 10.1. The minimum Gasteiger partial charge on any atom is -0.550 e. The van der Waals surface area contributed by atoms with Crippen LogP contribution in [0.3, 0.4) is 0 Å². The maximum absolute atomic E-state index is 12.0. The van der Waals surface area contributed by atoms with E-state index in [2.05, 4.69) is 20.5 Å². The molecule has 0 saturated carbocycles. The maximum atomic E-state index is 12.0. The minimum absolute atomic E-state index is 0.0230. The number of aromatic amines is 1. The second kappa shape index (κ2) is 8.97. The first-order valence-electron chi connectivity index (χ1n) is 7.66. The summed E-state index contributed by atoms with van der Waals surface area (Å²) in [5.41, 5.74) is 1.30. The summed E-state index contributed by atoms with van der Waals surface area (Å²) in [6, 6.07) is 7.52. The fourth-order valence-electron chi connectivity index (χ4n) is 2.07. The molecule has 9 heteroatoms. The number of carboxylic acid groups (broad SMARTS) is 1. The zero-order valence-corrected chi connectivity index (χ0v) is 14.4. The number of benzene rings is 1. The van der Waals surface area contributed by atoms with Crippen molar-refractivity contribution in [2.24, 2.45) is 0 Å². The molecule has 1 aromatic heterocycles. The van der Waals surface area contributed by atoms with Crippen LogP contribution in [0, 0.1) is 0 Å². The molecule has 2 aromatic rings. The van der Waals surface area contributed by atoms with E-state index in [9.17, 15) is 19.5 Å². The van der Waals surface area contributed by atoms with Crippen molar-refractivity contribution >= 4 is 29.3 Å². The minimum atomic E-state index is -1.26. The molecule has 1 amide bonds. The number of nitrogens with zero attached hydrogens (tertiary/aromatic N) is 2. The van der Waals surface area contributed by atoms with Crippen LogP contribution >= 0.6 is 11.8 Å². The van der Waals surface area contributed by atoms with Gasteiger partial charge in [-0.25, -0.2) is 0 Å². The second-order valence-electron chi connectivity index (χ2n) is 5.13. The van der Waals surface area contributed by atoms with E-state index in [1.807, 2.05) is 31.2 Å². The first kappa shape index (κ1) is 18.7. The number of amides is 1. The molecule has 132 valence electrons. The van der Waals surface area contributed by atoms with Gasteiger partial charge in [0, 0.05) is 18.1 Å². The van der Waals surface area contributed by atoms with Gasteiger partial charge in [-0.3, -0.25) is 14.6 Å². The fraction of sp³-hybridized carbons (Fsp3) is 0.312. The van der Waals surface area contributed by atoms with Crippen molar-refractivity contribution in [2.45, 2.75) is 31.3 Å². The predicted octanol–water partition coefficient (Wildman–Crippen LogP) is 0.141. The van der Waals surface area contributed by atoms with E-state index in [0.29, 0.717) is 0 Å². The number of para-hydroxylation sites is 1. The molecule has 0 aliphatic carbocycles. The molecule has 0 aliphatic heterocycles. The summed E-state index contributed by atoms with van der Waals surface area (Å²) >= 11 is 1.04. The van der Waals surface area contributed by atoms with Gasteiger partial charge in [0.2, 0.25) is 5.91 Å². The molecule has 0 aliphatic rings. The highest BCUT2D eigenvalue weighted by Gasteiger charge is 2.09. The van der Waals surface area contributed by atoms with Crippen LogP contribution in [0.25, 0.3) is 0 Å². The van der Waals surface area contributed by atoms with Crippen molar-refractivity contribution in [1.82, 2.24) is 15.2 Å². The Morgan fingerprint density at radius 3 is 2.72 bits per heavy atom. The molecule has 2 rings (SSSR count). The number of hydrogen-bond donors (Lipinski definition) is 2. The molecule has 1 aromatic carbocycles. The number of carboxylic acids is 1. The summed E-state index contributed by atoms with van der Waals surface area (Å²) in [5.74, 6) is -1.43. The molecular formula is C16H17N4O4S-. The van der Waals surface area contributed by atoms with Gasteiger partial charge in [-0.2, -0.15) is 0 Å². The first-order valence-corrected chi connectivity index (χ1v) is 8.64. The Kier molecular flexibility index (Phi) is 6.70. The van der Waals surface area contributed by atoms with Crippen LogP contribution in [0.1, 0.15) is 24.6 Å². The number of nitrogens with one attached hydrogen (secondary N) is 2. The number of aliphatic carboxylic acids is 1. The molecule has 0 atom stereocenters. The predicted molar refractivity (Wildman–Crippen MR) is 91.2 cm³/mol. The van der Waals surface area contributed by atoms with Gasteiger partial charge in [-0.1, -0.05) is 36.9 Å². The smallest absolute Gasteiger partial charge is 0.273 e. The molecule has 0 saturated heterocycles. The standard InChI is InChI=1S/C16H18N4O4S/c1-2-10-5-3-4-6-11(10)17-13(21)9-25-16-18-15(24)12(19-20-16)7-8-14(22)23/h3-6H,2,7-9H2,1H3,(H,17,21)(H,22,23)(H,18,20,24)/p-1. The van der Waals surface area contributed by atoms with E-state index in [0.717, 1.165) is 29.4 Å². The van der Waals surface area contributed by atoms with Crippen LogP contribution in [0.15, 0.2) is 34.2 Å². The largest absolute Gasteiger partial charge is 0.550 e. The lowest BCUT2D eigenvalue weighted by Gasteiger charge is -2.09. The van der Waals surface area contributed by atoms with Crippen LogP contribution in [0.2, 0.25) is 0 Å². The molecule has 1 heterocycles. The Bertz CT molecular complexity index is 822. The highest BCUT2D eigenvalue weighted by atomic mass is 32.2. The molecule has 8 nitrogen and oxygen atoms in total. The quantitative estimate of drug-likeness (QED) is 0.640. The van der Waals surface area contributed by atoms with Gasteiger partial charge in [0.25, 0.3) is 5.56 Å². The average Bonchev–Trinajstić information content (AvgIpc) is 2.59. The number of aryl methyl sites for hydroxylation is 2. The van der Waals surface area contributed by atoms with Gasteiger partial charge in [0.05, 0.1) is 5.75 Å². The van der Waals surface area contributed by atoms with Gasteiger partial charge in [-0.15, -0.1) is 10.2 Å². The van der Waals surface area contributed by atoms with E-state index in [1.165, 1.54) is 0 Å². The highest BCUT2D eigenvalue weighted by Crippen LogP contribution is 2.17. The van der Waals surface area contributed by atoms with E-state index in [4.69, 9.17) is 0 Å². The van der Waals surface area contributed by atoms with Gasteiger partial charge in [0.1, 0.15) is 5.69 Å². The number of carbonyl (C=O) groups is 2. The molecule has 0 fully saturated rings. The topological polar surface area (TPSA) is 128 Å². The van der Waals surface area contributed by atoms with Crippen molar-refractivity contribution in [3.8, 4) is 0 Å².